The minimum Gasteiger partial charge on any atom is -0.491 e. The fourth-order valence-electron chi connectivity index (χ4n) is 0.854. The molecular formula is C7H10FN3O2. The van der Waals surface area contributed by atoms with Crippen molar-refractivity contribution in [2.75, 3.05) is 13.6 Å². The van der Waals surface area contributed by atoms with Crippen molar-refractivity contribution >= 4 is 0 Å². The standard InChI is InChI=1S/C7H10FN3O2/c1-9-3-2-4-10-6(12)5(8)7(13)11-4/h9H,2-3H2,1H3,(H2,10,11,12,13). The fourth-order valence-corrected chi connectivity index (χ4v) is 0.854. The highest BCUT2D eigenvalue weighted by molar-refractivity contribution is 5.09. The Bertz CT molecular complexity index is 350. The van der Waals surface area contributed by atoms with Crippen LogP contribution in [0.2, 0.25) is 0 Å². The van der Waals surface area contributed by atoms with Crippen LogP contribution in [-0.4, -0.2) is 28.7 Å². The lowest BCUT2D eigenvalue weighted by atomic mass is 10.4. The first kappa shape index (κ1) is 9.66. The zero-order valence-electron chi connectivity index (χ0n) is 7.09. The molecule has 6 heteroatoms. The van der Waals surface area contributed by atoms with Gasteiger partial charge in [0, 0.05) is 13.0 Å². The first-order valence-corrected chi connectivity index (χ1v) is 3.77. The van der Waals surface area contributed by atoms with Crippen molar-refractivity contribution in [3.8, 4) is 5.88 Å². The maximum atomic E-state index is 12.6. The highest BCUT2D eigenvalue weighted by atomic mass is 19.1. The topological polar surface area (TPSA) is 78.0 Å². The van der Waals surface area contributed by atoms with E-state index in [2.05, 4.69) is 15.3 Å². The van der Waals surface area contributed by atoms with Crippen molar-refractivity contribution in [3.63, 3.8) is 0 Å². The zero-order chi connectivity index (χ0) is 9.84. The summed E-state index contributed by atoms with van der Waals surface area (Å²) in [5.74, 6) is -1.83. The van der Waals surface area contributed by atoms with Crippen LogP contribution >= 0.6 is 0 Å². The highest BCUT2D eigenvalue weighted by Crippen LogP contribution is 2.04. The van der Waals surface area contributed by atoms with Gasteiger partial charge in [0.2, 0.25) is 5.82 Å². The van der Waals surface area contributed by atoms with E-state index in [-0.39, 0.29) is 5.82 Å². The number of aromatic hydroxyl groups is 1. The van der Waals surface area contributed by atoms with E-state index in [0.29, 0.717) is 13.0 Å². The average molecular weight is 187 g/mol. The van der Waals surface area contributed by atoms with E-state index in [1.165, 1.54) is 0 Å². The molecule has 0 spiro atoms. The van der Waals surface area contributed by atoms with Gasteiger partial charge < -0.3 is 15.4 Å². The average Bonchev–Trinajstić information content (AvgIpc) is 2.10. The molecule has 0 fully saturated rings. The molecule has 72 valence electrons. The van der Waals surface area contributed by atoms with Crippen LogP contribution in [0.25, 0.3) is 0 Å². The van der Waals surface area contributed by atoms with E-state index in [0.717, 1.165) is 0 Å². The number of likely N-dealkylation sites (N-methyl/N-ethyl adjacent to an activating group) is 1. The van der Waals surface area contributed by atoms with Gasteiger partial charge in [-0.1, -0.05) is 0 Å². The second-order valence-electron chi connectivity index (χ2n) is 2.50. The van der Waals surface area contributed by atoms with Crippen LogP contribution in [0.3, 0.4) is 0 Å². The predicted molar refractivity (Wildman–Crippen MR) is 44.1 cm³/mol. The Balaban J connectivity index is 2.93. The Morgan fingerprint density at radius 2 is 2.38 bits per heavy atom. The number of hydrogen-bond acceptors (Lipinski definition) is 4. The highest BCUT2D eigenvalue weighted by Gasteiger charge is 2.08. The Labute approximate surface area is 73.6 Å². The summed E-state index contributed by atoms with van der Waals surface area (Å²) in [6, 6.07) is 0. The van der Waals surface area contributed by atoms with Gasteiger partial charge in [-0.25, -0.2) is 0 Å². The van der Waals surface area contributed by atoms with Crippen LogP contribution in [0.15, 0.2) is 4.79 Å². The summed E-state index contributed by atoms with van der Waals surface area (Å²) < 4.78 is 12.6. The van der Waals surface area contributed by atoms with Gasteiger partial charge in [0.05, 0.1) is 0 Å². The van der Waals surface area contributed by atoms with Crippen LogP contribution in [0.5, 0.6) is 5.88 Å². The maximum absolute atomic E-state index is 12.6. The molecule has 5 nitrogen and oxygen atoms in total. The third-order valence-electron chi connectivity index (χ3n) is 1.51. The van der Waals surface area contributed by atoms with Crippen molar-refractivity contribution in [1.82, 2.24) is 15.3 Å². The molecule has 0 unspecified atom stereocenters. The van der Waals surface area contributed by atoms with E-state index in [4.69, 9.17) is 5.11 Å². The van der Waals surface area contributed by atoms with Crippen molar-refractivity contribution in [3.05, 3.63) is 22.0 Å². The molecule has 1 rings (SSSR count). The van der Waals surface area contributed by atoms with Crippen LogP contribution in [0, 0.1) is 5.82 Å². The molecule has 0 aliphatic heterocycles. The second-order valence-corrected chi connectivity index (χ2v) is 2.50. The molecule has 0 aromatic carbocycles. The quantitative estimate of drug-likeness (QED) is 0.589. The molecule has 0 saturated heterocycles. The van der Waals surface area contributed by atoms with Crippen LogP contribution < -0.4 is 10.9 Å². The predicted octanol–water partition coefficient (Wildman–Crippen LogP) is -0.624. The van der Waals surface area contributed by atoms with Crippen molar-refractivity contribution in [1.29, 1.82) is 0 Å². The number of nitrogens with zero attached hydrogens (tertiary/aromatic N) is 1. The Morgan fingerprint density at radius 1 is 1.69 bits per heavy atom. The molecular weight excluding hydrogens is 177 g/mol. The van der Waals surface area contributed by atoms with E-state index in [1.807, 2.05) is 0 Å². The molecule has 3 N–H and O–H groups in total. The molecule has 0 bridgehead atoms. The first-order valence-electron chi connectivity index (χ1n) is 3.77. The van der Waals surface area contributed by atoms with Crippen LogP contribution in [0.4, 0.5) is 4.39 Å². The Hall–Kier alpha value is -1.43. The van der Waals surface area contributed by atoms with Crippen molar-refractivity contribution in [2.24, 2.45) is 0 Å². The van der Waals surface area contributed by atoms with Gasteiger partial charge in [0.1, 0.15) is 5.82 Å². The largest absolute Gasteiger partial charge is 0.491 e. The normalized spacial score (nSPS) is 10.3. The fraction of sp³-hybridized carbons (Fsp3) is 0.429. The van der Waals surface area contributed by atoms with Crippen LogP contribution in [-0.2, 0) is 6.42 Å². The molecule has 13 heavy (non-hydrogen) atoms. The van der Waals surface area contributed by atoms with Crippen LogP contribution in [0.1, 0.15) is 5.82 Å². The van der Waals surface area contributed by atoms with Crippen molar-refractivity contribution < 1.29 is 9.50 Å². The Kier molecular flexibility index (Phi) is 2.97. The number of aromatic amines is 1. The zero-order valence-corrected chi connectivity index (χ0v) is 7.09. The number of nitrogens with one attached hydrogen (secondary N) is 2. The minimum atomic E-state index is -1.24. The summed E-state index contributed by atoms with van der Waals surface area (Å²) in [6.07, 6.45) is 0.430. The number of H-pyrrole nitrogens is 1. The van der Waals surface area contributed by atoms with Gasteiger partial charge in [-0.2, -0.15) is 9.37 Å². The lowest BCUT2D eigenvalue weighted by Gasteiger charge is -2.00. The summed E-state index contributed by atoms with van der Waals surface area (Å²) >= 11 is 0. The summed E-state index contributed by atoms with van der Waals surface area (Å²) in [5, 5.41) is 11.7. The summed E-state index contributed by atoms with van der Waals surface area (Å²) in [4.78, 5) is 16.4. The van der Waals surface area contributed by atoms with E-state index in [1.54, 1.807) is 7.05 Å². The van der Waals surface area contributed by atoms with Gasteiger partial charge in [-0.3, -0.25) is 4.79 Å². The number of rotatable bonds is 3. The first-order chi connectivity index (χ1) is 6.15. The number of halogens is 1. The molecule has 0 saturated carbocycles. The number of aromatic nitrogens is 2. The van der Waals surface area contributed by atoms with Gasteiger partial charge in [0.25, 0.3) is 11.4 Å². The molecule has 0 radical (unpaired) electrons. The van der Waals surface area contributed by atoms with E-state index in [9.17, 15) is 9.18 Å². The van der Waals surface area contributed by atoms with Gasteiger partial charge in [-0.05, 0) is 7.05 Å². The van der Waals surface area contributed by atoms with Gasteiger partial charge in [0.15, 0.2) is 0 Å². The molecule has 0 aliphatic rings. The van der Waals surface area contributed by atoms with Gasteiger partial charge >= 0.3 is 0 Å². The van der Waals surface area contributed by atoms with E-state index >= 15 is 0 Å². The second kappa shape index (κ2) is 3.99. The summed E-state index contributed by atoms with van der Waals surface area (Å²) in [7, 11) is 1.74. The molecule has 1 heterocycles. The molecule has 0 amide bonds. The van der Waals surface area contributed by atoms with E-state index < -0.39 is 17.3 Å². The summed E-state index contributed by atoms with van der Waals surface area (Å²) in [6.45, 7) is 0.591. The molecule has 1 aromatic heterocycles. The lowest BCUT2D eigenvalue weighted by Crippen LogP contribution is -2.18. The lowest BCUT2D eigenvalue weighted by molar-refractivity contribution is 0.401. The third-order valence-corrected chi connectivity index (χ3v) is 1.51. The number of hydrogen-bond donors (Lipinski definition) is 3. The minimum absolute atomic E-state index is 0.262. The summed E-state index contributed by atoms with van der Waals surface area (Å²) in [5.41, 5.74) is -0.946. The molecule has 0 aliphatic carbocycles. The van der Waals surface area contributed by atoms with Gasteiger partial charge in [-0.15, -0.1) is 0 Å². The smallest absolute Gasteiger partial charge is 0.291 e. The molecule has 1 aromatic rings. The SMILES string of the molecule is CNCCc1nc(O)c(F)c(=O)[nH]1. The Morgan fingerprint density at radius 3 is 2.92 bits per heavy atom. The maximum Gasteiger partial charge on any atom is 0.291 e. The monoisotopic (exact) mass is 187 g/mol. The van der Waals surface area contributed by atoms with Crippen molar-refractivity contribution in [2.45, 2.75) is 6.42 Å². The molecule has 0 atom stereocenters. The third kappa shape index (κ3) is 2.25.